The third-order valence-corrected chi connectivity index (χ3v) is 1.68. The zero-order chi connectivity index (χ0) is 9.35. The van der Waals surface area contributed by atoms with Crippen molar-refractivity contribution in [3.8, 4) is 0 Å². The Bertz CT molecular complexity index is 296. The minimum Gasteiger partial charge on any atom is -0.227 e. The highest BCUT2D eigenvalue weighted by molar-refractivity contribution is 9.10. The molecule has 1 aromatic heterocycles. The van der Waals surface area contributed by atoms with Crippen LogP contribution in [0.2, 0.25) is 0 Å². The van der Waals surface area contributed by atoms with Gasteiger partial charge in [-0.15, -0.1) is 0 Å². The van der Waals surface area contributed by atoms with Gasteiger partial charge in [0.05, 0.1) is 10.0 Å². The predicted octanol–water partition coefficient (Wildman–Crippen LogP) is 3.00. The SMILES string of the molecule is Fc1ncc(C(F)(F)F)cc1Br. The van der Waals surface area contributed by atoms with Gasteiger partial charge in [0.1, 0.15) is 0 Å². The fourth-order valence-corrected chi connectivity index (χ4v) is 0.925. The van der Waals surface area contributed by atoms with Crippen molar-refractivity contribution in [3.63, 3.8) is 0 Å². The summed E-state index contributed by atoms with van der Waals surface area (Å²) in [6.07, 6.45) is -4.04. The Hall–Kier alpha value is -0.650. The molecule has 1 nitrogen and oxygen atoms in total. The van der Waals surface area contributed by atoms with Crippen LogP contribution in [0.15, 0.2) is 16.7 Å². The highest BCUT2D eigenvalue weighted by Gasteiger charge is 2.31. The molecule has 0 unspecified atom stereocenters. The second-order valence-corrected chi connectivity index (χ2v) is 2.85. The average molecular weight is 244 g/mol. The van der Waals surface area contributed by atoms with Crippen LogP contribution >= 0.6 is 15.9 Å². The van der Waals surface area contributed by atoms with E-state index in [4.69, 9.17) is 0 Å². The van der Waals surface area contributed by atoms with Crippen molar-refractivity contribution in [1.82, 2.24) is 4.98 Å². The smallest absolute Gasteiger partial charge is 0.227 e. The lowest BCUT2D eigenvalue weighted by Crippen LogP contribution is -2.06. The standard InChI is InChI=1S/C6H2BrF4N/c7-4-1-3(6(9,10)11)2-12-5(4)8/h1-2H. The molecule has 0 bridgehead atoms. The molecule has 0 spiro atoms. The molecule has 1 rings (SSSR count). The van der Waals surface area contributed by atoms with E-state index in [0.29, 0.717) is 12.3 Å². The Morgan fingerprint density at radius 1 is 1.33 bits per heavy atom. The van der Waals surface area contributed by atoms with Crippen molar-refractivity contribution >= 4 is 15.9 Å². The van der Waals surface area contributed by atoms with Gasteiger partial charge in [-0.1, -0.05) is 0 Å². The van der Waals surface area contributed by atoms with Crippen molar-refractivity contribution in [3.05, 3.63) is 28.2 Å². The quantitative estimate of drug-likeness (QED) is 0.505. The summed E-state index contributed by atoms with van der Waals surface area (Å²) in [7, 11) is 0. The fourth-order valence-electron chi connectivity index (χ4n) is 0.576. The molecule has 1 heterocycles. The first-order chi connectivity index (χ1) is 5.41. The molecule has 0 aliphatic rings. The summed E-state index contributed by atoms with van der Waals surface area (Å²) in [5.41, 5.74) is -0.976. The molecular weight excluding hydrogens is 242 g/mol. The van der Waals surface area contributed by atoms with Gasteiger partial charge >= 0.3 is 6.18 Å². The van der Waals surface area contributed by atoms with E-state index in [1.807, 2.05) is 0 Å². The van der Waals surface area contributed by atoms with Gasteiger partial charge in [-0.3, -0.25) is 0 Å². The lowest BCUT2D eigenvalue weighted by molar-refractivity contribution is -0.137. The van der Waals surface area contributed by atoms with Crippen molar-refractivity contribution < 1.29 is 17.6 Å². The highest BCUT2D eigenvalue weighted by atomic mass is 79.9. The zero-order valence-electron chi connectivity index (χ0n) is 5.49. The van der Waals surface area contributed by atoms with Crippen LogP contribution in [0.4, 0.5) is 17.6 Å². The topological polar surface area (TPSA) is 12.9 Å². The van der Waals surface area contributed by atoms with Crippen LogP contribution in [0, 0.1) is 5.95 Å². The number of rotatable bonds is 0. The first-order valence-electron chi connectivity index (χ1n) is 2.79. The summed E-state index contributed by atoms with van der Waals surface area (Å²) >= 11 is 2.60. The molecular formula is C6H2BrF4N. The van der Waals surface area contributed by atoms with Gasteiger partial charge in [0.25, 0.3) is 0 Å². The van der Waals surface area contributed by atoms with E-state index in [1.54, 1.807) is 0 Å². The first-order valence-corrected chi connectivity index (χ1v) is 3.59. The fraction of sp³-hybridized carbons (Fsp3) is 0.167. The van der Waals surface area contributed by atoms with Crippen LogP contribution in [0.25, 0.3) is 0 Å². The third-order valence-electron chi connectivity index (χ3n) is 1.12. The van der Waals surface area contributed by atoms with Gasteiger partial charge in [0, 0.05) is 6.20 Å². The van der Waals surface area contributed by atoms with Crippen LogP contribution in [-0.2, 0) is 6.18 Å². The Labute approximate surface area is 73.5 Å². The van der Waals surface area contributed by atoms with Crippen LogP contribution in [-0.4, -0.2) is 4.98 Å². The molecule has 0 N–H and O–H groups in total. The molecule has 6 heteroatoms. The monoisotopic (exact) mass is 243 g/mol. The number of pyridine rings is 1. The second kappa shape index (κ2) is 3.01. The number of alkyl halides is 3. The summed E-state index contributed by atoms with van der Waals surface area (Å²) in [6.45, 7) is 0. The molecule has 12 heavy (non-hydrogen) atoms. The maximum atomic E-state index is 12.4. The lowest BCUT2D eigenvalue weighted by atomic mass is 10.3. The van der Waals surface area contributed by atoms with Gasteiger partial charge in [-0.05, 0) is 22.0 Å². The van der Waals surface area contributed by atoms with Gasteiger partial charge in [-0.2, -0.15) is 17.6 Å². The summed E-state index contributed by atoms with van der Waals surface area (Å²) in [6, 6.07) is 0.641. The Morgan fingerprint density at radius 2 is 1.92 bits per heavy atom. The third kappa shape index (κ3) is 1.94. The van der Waals surface area contributed by atoms with Crippen LogP contribution in [0.1, 0.15) is 5.56 Å². The number of hydrogen-bond donors (Lipinski definition) is 0. The second-order valence-electron chi connectivity index (χ2n) is 1.99. The Morgan fingerprint density at radius 3 is 2.33 bits per heavy atom. The summed E-state index contributed by atoms with van der Waals surface area (Å²) in [5.74, 6) is -0.956. The molecule has 1 aromatic rings. The molecule has 0 amide bonds. The van der Waals surface area contributed by atoms with Crippen molar-refractivity contribution in [2.45, 2.75) is 6.18 Å². The molecule has 0 aliphatic carbocycles. The maximum absolute atomic E-state index is 12.4. The minimum atomic E-state index is -4.48. The predicted molar refractivity (Wildman–Crippen MR) is 36.9 cm³/mol. The molecule has 0 aromatic carbocycles. The van der Waals surface area contributed by atoms with E-state index in [9.17, 15) is 17.6 Å². The number of nitrogens with zero attached hydrogens (tertiary/aromatic N) is 1. The van der Waals surface area contributed by atoms with Gasteiger partial charge in [0.2, 0.25) is 5.95 Å². The van der Waals surface area contributed by atoms with E-state index in [-0.39, 0.29) is 4.47 Å². The van der Waals surface area contributed by atoms with Crippen LogP contribution in [0.5, 0.6) is 0 Å². The van der Waals surface area contributed by atoms with E-state index in [2.05, 4.69) is 20.9 Å². The van der Waals surface area contributed by atoms with E-state index in [0.717, 1.165) is 0 Å². The summed E-state index contributed by atoms with van der Waals surface area (Å²) in [5, 5.41) is 0. The minimum absolute atomic E-state index is 0.294. The number of hydrogen-bond acceptors (Lipinski definition) is 1. The van der Waals surface area contributed by atoms with Gasteiger partial charge in [0.15, 0.2) is 0 Å². The molecule has 0 saturated heterocycles. The van der Waals surface area contributed by atoms with Crippen molar-refractivity contribution in [2.75, 3.05) is 0 Å². The van der Waals surface area contributed by atoms with Crippen LogP contribution in [0.3, 0.4) is 0 Å². The van der Waals surface area contributed by atoms with E-state index >= 15 is 0 Å². The molecule has 0 fully saturated rings. The largest absolute Gasteiger partial charge is 0.417 e. The Kier molecular flexibility index (Phi) is 2.36. The molecule has 0 aliphatic heterocycles. The van der Waals surface area contributed by atoms with Gasteiger partial charge < -0.3 is 0 Å². The Balaban J connectivity index is 3.14. The molecule has 66 valence electrons. The zero-order valence-corrected chi connectivity index (χ0v) is 7.08. The van der Waals surface area contributed by atoms with Crippen molar-refractivity contribution in [2.24, 2.45) is 0 Å². The average Bonchev–Trinajstić information content (AvgIpc) is 1.92. The first kappa shape index (κ1) is 9.44. The molecule has 0 atom stereocenters. The normalized spacial score (nSPS) is 11.8. The highest BCUT2D eigenvalue weighted by Crippen LogP contribution is 2.30. The van der Waals surface area contributed by atoms with Gasteiger partial charge in [-0.25, -0.2) is 4.98 Å². The van der Waals surface area contributed by atoms with Crippen LogP contribution < -0.4 is 0 Å². The molecule has 0 saturated carbocycles. The molecule has 0 radical (unpaired) electrons. The van der Waals surface area contributed by atoms with E-state index < -0.39 is 17.7 Å². The summed E-state index contributed by atoms with van der Waals surface area (Å²) < 4.78 is 47.8. The maximum Gasteiger partial charge on any atom is 0.417 e. The lowest BCUT2D eigenvalue weighted by Gasteiger charge is -2.05. The number of halogens is 5. The van der Waals surface area contributed by atoms with E-state index in [1.165, 1.54) is 0 Å². The summed E-state index contributed by atoms with van der Waals surface area (Å²) in [4.78, 5) is 2.91. The number of aromatic nitrogens is 1. The van der Waals surface area contributed by atoms with Crippen molar-refractivity contribution in [1.29, 1.82) is 0 Å².